The van der Waals surface area contributed by atoms with Crippen molar-refractivity contribution in [1.82, 2.24) is 4.72 Å². The molecule has 0 aromatic carbocycles. The van der Waals surface area contributed by atoms with Gasteiger partial charge in [-0.3, -0.25) is 0 Å². The molecule has 0 saturated carbocycles. The van der Waals surface area contributed by atoms with Crippen molar-refractivity contribution in [2.45, 2.75) is 77.2 Å². The molecular weight excluding hydrogens is 274 g/mol. The van der Waals surface area contributed by atoms with Gasteiger partial charge in [0, 0.05) is 24.7 Å². The van der Waals surface area contributed by atoms with E-state index in [4.69, 9.17) is 9.84 Å². The summed E-state index contributed by atoms with van der Waals surface area (Å²) in [6, 6.07) is 0.0813. The Hall–Kier alpha value is 0.0300. The van der Waals surface area contributed by atoms with Gasteiger partial charge < -0.3 is 9.84 Å². The van der Waals surface area contributed by atoms with Crippen LogP contribution in [0, 0.1) is 5.41 Å². The van der Waals surface area contributed by atoms with Crippen molar-refractivity contribution in [2.75, 3.05) is 13.2 Å². The molecule has 0 aliphatic carbocycles. The monoisotopic (exact) mass is 305 g/mol. The summed E-state index contributed by atoms with van der Waals surface area (Å²) >= 11 is 0. The zero-order valence-corrected chi connectivity index (χ0v) is 14.4. The zero-order chi connectivity index (χ0) is 15.4. The van der Waals surface area contributed by atoms with E-state index in [1.54, 1.807) is 0 Å². The predicted octanol–water partition coefficient (Wildman–Crippen LogP) is 2.38. The van der Waals surface area contributed by atoms with Crippen molar-refractivity contribution in [3.63, 3.8) is 0 Å². The summed E-state index contributed by atoms with van der Waals surface area (Å²) in [5, 5.41) is 9.11. The van der Waals surface area contributed by atoms with Gasteiger partial charge in [0.05, 0.1) is 21.8 Å². The fourth-order valence-corrected chi connectivity index (χ4v) is 3.61. The number of nitrogens with one attached hydrogen (secondary N) is 1. The molecule has 3 atom stereocenters. The molecule has 0 aromatic heterocycles. The smallest absolute Gasteiger partial charge is 0.0972 e. The van der Waals surface area contributed by atoms with E-state index in [2.05, 4.69) is 18.6 Å². The zero-order valence-electron chi connectivity index (χ0n) is 13.6. The van der Waals surface area contributed by atoms with Crippen LogP contribution in [0.2, 0.25) is 0 Å². The molecule has 0 bridgehead atoms. The highest BCUT2D eigenvalue weighted by atomic mass is 32.2. The van der Waals surface area contributed by atoms with E-state index >= 15 is 0 Å². The summed E-state index contributed by atoms with van der Waals surface area (Å²) < 4.78 is 21.2. The second-order valence-electron chi connectivity index (χ2n) is 7.24. The van der Waals surface area contributed by atoms with Crippen LogP contribution in [0.1, 0.15) is 60.3 Å². The first-order chi connectivity index (χ1) is 9.19. The average Bonchev–Trinajstić information content (AvgIpc) is 2.86. The van der Waals surface area contributed by atoms with Crippen LogP contribution in [0.15, 0.2) is 0 Å². The second kappa shape index (κ2) is 7.34. The van der Waals surface area contributed by atoms with Crippen molar-refractivity contribution < 1.29 is 14.1 Å². The van der Waals surface area contributed by atoms with Gasteiger partial charge >= 0.3 is 0 Å². The van der Waals surface area contributed by atoms with E-state index in [0.29, 0.717) is 0 Å². The van der Waals surface area contributed by atoms with Gasteiger partial charge in [-0.05, 0) is 46.5 Å². The Bertz CT molecular complexity index is 320. The standard InChI is InChI=1S/C15H31NO3S/c1-14(2,3)20(18)16-12(8-6-10-17)15(4,5)13-9-7-11-19-13/h12-13,16-17H,6-11H2,1-5H3/t12-,13+,20-/m0/s1. The van der Waals surface area contributed by atoms with Crippen LogP contribution < -0.4 is 4.72 Å². The molecular formula is C15H31NO3S. The normalized spacial score (nSPS) is 23.8. The third-order valence-electron chi connectivity index (χ3n) is 4.11. The van der Waals surface area contributed by atoms with Crippen LogP contribution in [-0.4, -0.2) is 39.4 Å². The number of ether oxygens (including phenoxy) is 1. The largest absolute Gasteiger partial charge is 0.396 e. The third-order valence-corrected chi connectivity index (χ3v) is 5.72. The molecule has 0 radical (unpaired) electrons. The molecule has 2 N–H and O–H groups in total. The number of rotatable bonds is 7. The molecule has 0 spiro atoms. The lowest BCUT2D eigenvalue weighted by molar-refractivity contribution is -0.000899. The van der Waals surface area contributed by atoms with Gasteiger partial charge in [-0.25, -0.2) is 8.93 Å². The maximum atomic E-state index is 12.4. The van der Waals surface area contributed by atoms with Gasteiger partial charge in [-0.15, -0.1) is 0 Å². The number of aliphatic hydroxyl groups excluding tert-OH is 1. The molecule has 0 amide bonds. The summed E-state index contributed by atoms with van der Waals surface area (Å²) in [4.78, 5) is 0. The Kier molecular flexibility index (Phi) is 6.64. The van der Waals surface area contributed by atoms with E-state index in [-0.39, 0.29) is 28.9 Å². The quantitative estimate of drug-likeness (QED) is 0.759. The number of aliphatic hydroxyl groups is 1. The summed E-state index contributed by atoms with van der Waals surface area (Å²) in [5.74, 6) is 0. The molecule has 0 aromatic rings. The minimum absolute atomic E-state index is 0.0813. The van der Waals surface area contributed by atoms with Crippen LogP contribution in [0.5, 0.6) is 0 Å². The van der Waals surface area contributed by atoms with E-state index in [0.717, 1.165) is 32.3 Å². The minimum Gasteiger partial charge on any atom is -0.396 e. The maximum absolute atomic E-state index is 12.4. The van der Waals surface area contributed by atoms with Crippen LogP contribution in [-0.2, 0) is 15.7 Å². The average molecular weight is 305 g/mol. The van der Waals surface area contributed by atoms with E-state index in [9.17, 15) is 4.21 Å². The summed E-state index contributed by atoms with van der Waals surface area (Å²) in [5.41, 5.74) is -0.0907. The van der Waals surface area contributed by atoms with E-state index < -0.39 is 11.0 Å². The molecule has 1 aliphatic heterocycles. The Morgan fingerprint density at radius 2 is 2.00 bits per heavy atom. The highest BCUT2D eigenvalue weighted by Gasteiger charge is 2.41. The molecule has 4 nitrogen and oxygen atoms in total. The number of hydrogen-bond acceptors (Lipinski definition) is 3. The topological polar surface area (TPSA) is 58.6 Å². The SMILES string of the molecule is CC(C)([C@H](CCCO)N[S@@](=O)C(C)(C)C)[C@H]1CCCO1. The van der Waals surface area contributed by atoms with Crippen molar-refractivity contribution in [3.05, 3.63) is 0 Å². The molecule has 1 saturated heterocycles. The Morgan fingerprint density at radius 3 is 2.45 bits per heavy atom. The molecule has 1 rings (SSSR count). The van der Waals surface area contributed by atoms with Gasteiger partial charge in [0.25, 0.3) is 0 Å². The molecule has 1 aliphatic rings. The van der Waals surface area contributed by atoms with Gasteiger partial charge in [-0.2, -0.15) is 0 Å². The first kappa shape index (κ1) is 18.1. The molecule has 1 heterocycles. The lowest BCUT2D eigenvalue weighted by Gasteiger charge is -2.40. The first-order valence-electron chi connectivity index (χ1n) is 7.60. The van der Waals surface area contributed by atoms with Crippen molar-refractivity contribution >= 4 is 11.0 Å². The van der Waals surface area contributed by atoms with Crippen molar-refractivity contribution in [2.24, 2.45) is 5.41 Å². The molecule has 0 unspecified atom stereocenters. The fourth-order valence-electron chi connectivity index (χ4n) is 2.57. The Balaban J connectivity index is 2.79. The molecule has 5 heteroatoms. The van der Waals surface area contributed by atoms with Gasteiger partial charge in [0.1, 0.15) is 0 Å². The maximum Gasteiger partial charge on any atom is 0.0972 e. The third kappa shape index (κ3) is 4.79. The second-order valence-corrected chi connectivity index (χ2v) is 9.24. The van der Waals surface area contributed by atoms with E-state index in [1.807, 2.05) is 20.8 Å². The highest BCUT2D eigenvalue weighted by molar-refractivity contribution is 7.84. The number of hydrogen-bond donors (Lipinski definition) is 2. The van der Waals surface area contributed by atoms with Crippen molar-refractivity contribution in [1.29, 1.82) is 0 Å². The summed E-state index contributed by atoms with van der Waals surface area (Å²) in [6.07, 6.45) is 3.89. The fraction of sp³-hybridized carbons (Fsp3) is 1.00. The van der Waals surface area contributed by atoms with Crippen LogP contribution >= 0.6 is 0 Å². The molecule has 1 fully saturated rings. The predicted molar refractivity (Wildman–Crippen MR) is 83.9 cm³/mol. The van der Waals surface area contributed by atoms with Crippen LogP contribution in [0.4, 0.5) is 0 Å². The van der Waals surface area contributed by atoms with E-state index in [1.165, 1.54) is 0 Å². The highest BCUT2D eigenvalue weighted by Crippen LogP contribution is 2.36. The van der Waals surface area contributed by atoms with Gasteiger partial charge in [0.2, 0.25) is 0 Å². The minimum atomic E-state index is -1.10. The van der Waals surface area contributed by atoms with Crippen LogP contribution in [0.3, 0.4) is 0 Å². The molecule has 120 valence electrons. The summed E-state index contributed by atoms with van der Waals surface area (Å²) in [6.45, 7) is 11.3. The van der Waals surface area contributed by atoms with Crippen molar-refractivity contribution in [3.8, 4) is 0 Å². The molecule has 20 heavy (non-hydrogen) atoms. The lowest BCUT2D eigenvalue weighted by atomic mass is 9.76. The first-order valence-corrected chi connectivity index (χ1v) is 8.75. The Labute approximate surface area is 126 Å². The van der Waals surface area contributed by atoms with Gasteiger partial charge in [-0.1, -0.05) is 13.8 Å². The summed E-state index contributed by atoms with van der Waals surface area (Å²) in [7, 11) is -1.10. The lowest BCUT2D eigenvalue weighted by Crippen LogP contribution is -2.51. The van der Waals surface area contributed by atoms with Gasteiger partial charge in [0.15, 0.2) is 0 Å². The van der Waals surface area contributed by atoms with Crippen LogP contribution in [0.25, 0.3) is 0 Å². The Morgan fingerprint density at radius 1 is 1.35 bits per heavy atom.